The number of esters is 1. The Labute approximate surface area is 280 Å². The van der Waals surface area contributed by atoms with E-state index in [1.807, 2.05) is 91.0 Å². The molecule has 4 aromatic rings. The topological polar surface area (TPSA) is 141 Å². The van der Waals surface area contributed by atoms with Gasteiger partial charge in [-0.25, -0.2) is 4.79 Å². The fourth-order valence-electron chi connectivity index (χ4n) is 5.70. The number of methoxy groups -OCH3 is 1. The van der Waals surface area contributed by atoms with Crippen LogP contribution in [0.5, 0.6) is 0 Å². The minimum atomic E-state index is -4.29. The lowest BCUT2D eigenvalue weighted by atomic mass is 9.80. The smallest absolute Gasteiger partial charge is 0.338 e. The third-order valence-electron chi connectivity index (χ3n) is 7.65. The zero-order chi connectivity index (χ0) is 34.4. The van der Waals surface area contributed by atoms with Crippen LogP contribution in [0.2, 0.25) is 0 Å². The molecule has 0 aliphatic carbocycles. The van der Waals surface area contributed by atoms with Gasteiger partial charge in [-0.2, -0.15) is 16.8 Å². The van der Waals surface area contributed by atoms with Crippen molar-refractivity contribution in [3.63, 3.8) is 0 Å². The molecule has 5 atom stereocenters. The Kier molecular flexibility index (Phi) is 11.1. The molecule has 1 aliphatic heterocycles. The Bertz CT molecular complexity index is 1760. The summed E-state index contributed by atoms with van der Waals surface area (Å²) in [7, 11) is -7.30. The van der Waals surface area contributed by atoms with Crippen LogP contribution in [0.1, 0.15) is 27.0 Å². The van der Waals surface area contributed by atoms with Crippen molar-refractivity contribution in [3.05, 3.63) is 144 Å². The molecule has 0 spiro atoms. The van der Waals surface area contributed by atoms with E-state index in [0.717, 1.165) is 29.2 Å². The molecule has 254 valence electrons. The second kappa shape index (κ2) is 15.1. The monoisotopic (exact) mass is 696 g/mol. The summed E-state index contributed by atoms with van der Waals surface area (Å²) in [5, 5.41) is 0. The molecule has 4 aromatic carbocycles. The normalized spacial score (nSPS) is 21.8. The Hall–Kier alpha value is -3.95. The SMILES string of the molecule is CO[C@H]1O[C@H](COC(c2ccccc2)(c2ccccc2)c2ccccc2)[C@@H](OS(C)(=O)=O)[C@@H](OS(C)(=O)=O)[C@@H]1OC(=O)c1ccccc1. The Morgan fingerprint density at radius 3 is 1.48 bits per heavy atom. The predicted octanol–water partition coefficient (Wildman–Crippen LogP) is 4.28. The predicted molar refractivity (Wildman–Crippen MR) is 176 cm³/mol. The molecule has 0 saturated carbocycles. The molecule has 0 N–H and O–H groups in total. The van der Waals surface area contributed by atoms with E-state index in [1.54, 1.807) is 18.2 Å². The van der Waals surface area contributed by atoms with Crippen LogP contribution < -0.4 is 0 Å². The fourth-order valence-corrected chi connectivity index (χ4v) is 6.96. The van der Waals surface area contributed by atoms with Gasteiger partial charge in [-0.15, -0.1) is 0 Å². The first-order chi connectivity index (χ1) is 22.9. The summed E-state index contributed by atoms with van der Waals surface area (Å²) in [6, 6.07) is 36.2. The van der Waals surface area contributed by atoms with Crippen molar-refractivity contribution in [1.82, 2.24) is 0 Å². The first-order valence-electron chi connectivity index (χ1n) is 14.9. The molecule has 0 amide bonds. The molecule has 1 saturated heterocycles. The van der Waals surface area contributed by atoms with Crippen molar-refractivity contribution >= 4 is 26.2 Å². The molecular formula is C35H36O11S2. The molecule has 48 heavy (non-hydrogen) atoms. The van der Waals surface area contributed by atoms with Crippen LogP contribution in [0.15, 0.2) is 121 Å². The van der Waals surface area contributed by atoms with Crippen LogP contribution in [0.3, 0.4) is 0 Å². The molecule has 11 nitrogen and oxygen atoms in total. The lowest BCUT2D eigenvalue weighted by Crippen LogP contribution is -2.63. The van der Waals surface area contributed by atoms with E-state index in [-0.39, 0.29) is 12.2 Å². The third-order valence-corrected chi connectivity index (χ3v) is 8.80. The zero-order valence-electron chi connectivity index (χ0n) is 26.4. The molecule has 1 heterocycles. The van der Waals surface area contributed by atoms with Gasteiger partial charge in [0.05, 0.1) is 24.7 Å². The van der Waals surface area contributed by atoms with Gasteiger partial charge in [-0.3, -0.25) is 8.37 Å². The van der Waals surface area contributed by atoms with E-state index in [0.29, 0.717) is 0 Å². The van der Waals surface area contributed by atoms with Crippen molar-refractivity contribution in [2.45, 2.75) is 36.3 Å². The van der Waals surface area contributed by atoms with Crippen LogP contribution in [0.25, 0.3) is 0 Å². The lowest BCUT2D eigenvalue weighted by Gasteiger charge is -2.45. The van der Waals surface area contributed by atoms with Gasteiger partial charge in [0.25, 0.3) is 20.2 Å². The summed E-state index contributed by atoms with van der Waals surface area (Å²) in [6.07, 6.45) is -6.13. The third kappa shape index (κ3) is 8.36. The summed E-state index contributed by atoms with van der Waals surface area (Å²) < 4.78 is 85.7. The molecule has 0 radical (unpaired) electrons. The molecule has 0 aromatic heterocycles. The molecular weight excluding hydrogens is 661 g/mol. The van der Waals surface area contributed by atoms with Gasteiger partial charge in [-0.05, 0) is 28.8 Å². The van der Waals surface area contributed by atoms with Crippen molar-refractivity contribution in [2.24, 2.45) is 0 Å². The minimum Gasteiger partial charge on any atom is -0.450 e. The number of carbonyl (C=O) groups excluding carboxylic acids is 1. The van der Waals surface area contributed by atoms with Crippen molar-refractivity contribution < 1.29 is 48.9 Å². The second-order valence-corrected chi connectivity index (χ2v) is 14.3. The van der Waals surface area contributed by atoms with Crippen molar-refractivity contribution in [1.29, 1.82) is 0 Å². The number of benzene rings is 4. The van der Waals surface area contributed by atoms with E-state index < -0.39 is 62.5 Å². The summed E-state index contributed by atoms with van der Waals surface area (Å²) in [6.45, 7) is -0.359. The Morgan fingerprint density at radius 2 is 1.06 bits per heavy atom. The van der Waals surface area contributed by atoms with Crippen LogP contribution in [0, 0.1) is 0 Å². The Morgan fingerprint density at radius 1 is 0.646 bits per heavy atom. The maximum absolute atomic E-state index is 13.2. The summed E-state index contributed by atoms with van der Waals surface area (Å²) >= 11 is 0. The van der Waals surface area contributed by atoms with Gasteiger partial charge >= 0.3 is 5.97 Å². The maximum atomic E-state index is 13.2. The number of rotatable bonds is 13. The van der Waals surface area contributed by atoms with Gasteiger partial charge in [0.15, 0.2) is 12.4 Å². The van der Waals surface area contributed by atoms with Gasteiger partial charge in [0, 0.05) is 7.11 Å². The minimum absolute atomic E-state index is 0.148. The first-order valence-corrected chi connectivity index (χ1v) is 18.6. The molecule has 0 unspecified atom stereocenters. The average molecular weight is 697 g/mol. The molecule has 0 bridgehead atoms. The standard InChI is InChI=1S/C35H36O11S2/c1-41-34-32(44-33(36)25-16-8-4-9-17-25)31(46-48(3,39)40)30(45-47(2,37)38)29(43-34)24-42-35(26-18-10-5-11-19-26,27-20-12-6-13-21-27)28-22-14-7-15-23-28/h4-23,29-32,34H,24H2,1-3H3/t29-,30-,31-,32+,34+/m1/s1. The maximum Gasteiger partial charge on any atom is 0.338 e. The number of hydrogen-bond donors (Lipinski definition) is 0. The van der Waals surface area contributed by atoms with Crippen LogP contribution in [-0.4, -0.2) is 79.7 Å². The number of ether oxygens (including phenoxy) is 4. The lowest BCUT2D eigenvalue weighted by molar-refractivity contribution is -0.289. The first kappa shape index (κ1) is 35.4. The zero-order valence-corrected chi connectivity index (χ0v) is 28.1. The fraction of sp³-hybridized carbons (Fsp3) is 0.286. The molecule has 1 fully saturated rings. The highest BCUT2D eigenvalue weighted by Crippen LogP contribution is 2.41. The van der Waals surface area contributed by atoms with Crippen LogP contribution >= 0.6 is 0 Å². The highest BCUT2D eigenvalue weighted by molar-refractivity contribution is 7.86. The van der Waals surface area contributed by atoms with Crippen molar-refractivity contribution in [3.8, 4) is 0 Å². The molecule has 13 heteroatoms. The quantitative estimate of drug-likeness (QED) is 0.112. The van der Waals surface area contributed by atoms with Gasteiger partial charge in [-0.1, -0.05) is 109 Å². The van der Waals surface area contributed by atoms with Crippen LogP contribution in [0.4, 0.5) is 0 Å². The Balaban J connectivity index is 1.60. The van der Waals surface area contributed by atoms with Gasteiger partial charge < -0.3 is 18.9 Å². The summed E-state index contributed by atoms with van der Waals surface area (Å²) in [5.41, 5.74) is 1.15. The van der Waals surface area contributed by atoms with E-state index in [1.165, 1.54) is 19.2 Å². The molecule has 5 rings (SSSR count). The number of hydrogen-bond acceptors (Lipinski definition) is 11. The summed E-state index contributed by atoms with van der Waals surface area (Å²) in [5.74, 6) is -0.850. The van der Waals surface area contributed by atoms with Gasteiger partial charge in [0.2, 0.25) is 0 Å². The second-order valence-electron chi connectivity index (χ2n) is 11.1. The molecule has 1 aliphatic rings. The largest absolute Gasteiger partial charge is 0.450 e. The van der Waals surface area contributed by atoms with Gasteiger partial charge in [0.1, 0.15) is 23.9 Å². The van der Waals surface area contributed by atoms with E-state index in [2.05, 4.69) is 0 Å². The highest BCUT2D eigenvalue weighted by Gasteiger charge is 2.53. The van der Waals surface area contributed by atoms with E-state index in [4.69, 9.17) is 27.3 Å². The van der Waals surface area contributed by atoms with Crippen molar-refractivity contribution in [2.75, 3.05) is 26.2 Å². The van der Waals surface area contributed by atoms with Crippen LogP contribution in [-0.2, 0) is 53.2 Å². The number of carbonyl (C=O) groups is 1. The highest BCUT2D eigenvalue weighted by atomic mass is 32.2. The summed E-state index contributed by atoms with van der Waals surface area (Å²) in [4.78, 5) is 13.2. The van der Waals surface area contributed by atoms with E-state index >= 15 is 0 Å². The average Bonchev–Trinajstić information content (AvgIpc) is 3.08. The van der Waals surface area contributed by atoms with E-state index in [9.17, 15) is 21.6 Å².